The Morgan fingerprint density at radius 2 is 2.11 bits per heavy atom. The van der Waals surface area contributed by atoms with Crippen molar-refractivity contribution in [3.63, 3.8) is 0 Å². The summed E-state index contributed by atoms with van der Waals surface area (Å²) >= 11 is 0. The third-order valence-corrected chi connectivity index (χ3v) is 4.56. The van der Waals surface area contributed by atoms with Crippen LogP contribution in [0.15, 0.2) is 0 Å². The first kappa shape index (κ1) is 16.8. The van der Waals surface area contributed by atoms with Crippen LogP contribution in [-0.4, -0.2) is 25.5 Å². The van der Waals surface area contributed by atoms with Crippen molar-refractivity contribution in [2.75, 3.05) is 19.6 Å². The van der Waals surface area contributed by atoms with Crippen molar-refractivity contribution in [1.82, 2.24) is 10.6 Å². The quantitative estimate of drug-likeness (QED) is 0.817. The van der Waals surface area contributed by atoms with Crippen molar-refractivity contribution < 1.29 is 4.79 Å². The fraction of sp³-hybridized carbons (Fsp3) is 0.933. The van der Waals surface area contributed by atoms with Crippen molar-refractivity contribution in [1.29, 1.82) is 0 Å². The lowest BCUT2D eigenvalue weighted by Crippen LogP contribution is -2.29. The molecule has 19 heavy (non-hydrogen) atoms. The van der Waals surface area contributed by atoms with E-state index in [1.54, 1.807) is 0 Å². The van der Waals surface area contributed by atoms with E-state index < -0.39 is 0 Å². The largest absolute Gasteiger partial charge is 0.356 e. The number of hydrogen-bond acceptors (Lipinski definition) is 2. The highest BCUT2D eigenvalue weighted by Crippen LogP contribution is 2.30. The molecule has 3 atom stereocenters. The van der Waals surface area contributed by atoms with Crippen molar-refractivity contribution in [2.45, 2.75) is 51.9 Å². The predicted octanol–water partition coefficient (Wildman–Crippen LogP) is 2.74. The first-order valence-electron chi connectivity index (χ1n) is 7.71. The van der Waals surface area contributed by atoms with Gasteiger partial charge in [-0.25, -0.2) is 0 Å². The van der Waals surface area contributed by atoms with E-state index in [4.69, 9.17) is 0 Å². The molecule has 0 aromatic heterocycles. The first-order valence-corrected chi connectivity index (χ1v) is 7.71. The molecular weight excluding hydrogens is 260 g/mol. The van der Waals surface area contributed by atoms with Gasteiger partial charge in [-0.15, -0.1) is 12.4 Å². The lowest BCUT2D eigenvalue weighted by atomic mass is 9.81. The second-order valence-electron chi connectivity index (χ2n) is 6.34. The zero-order valence-electron chi connectivity index (χ0n) is 12.1. The van der Waals surface area contributed by atoms with Gasteiger partial charge >= 0.3 is 0 Å². The van der Waals surface area contributed by atoms with Gasteiger partial charge in [0.15, 0.2) is 0 Å². The molecule has 3 nitrogen and oxygen atoms in total. The van der Waals surface area contributed by atoms with Gasteiger partial charge in [-0.1, -0.05) is 19.8 Å². The van der Waals surface area contributed by atoms with E-state index in [1.165, 1.54) is 32.1 Å². The molecule has 0 aromatic rings. The van der Waals surface area contributed by atoms with E-state index in [1.807, 2.05) is 0 Å². The highest BCUT2D eigenvalue weighted by molar-refractivity contribution is 5.85. The lowest BCUT2D eigenvalue weighted by Gasteiger charge is -2.26. The van der Waals surface area contributed by atoms with E-state index in [2.05, 4.69) is 17.6 Å². The molecule has 1 saturated heterocycles. The van der Waals surface area contributed by atoms with Crippen LogP contribution in [0.25, 0.3) is 0 Å². The SMILES string of the molecule is CC1CCCC(CC(=O)NCCC2CCNC2)C1.Cl. The number of hydrogen-bond donors (Lipinski definition) is 2. The summed E-state index contributed by atoms with van der Waals surface area (Å²) in [6, 6.07) is 0. The van der Waals surface area contributed by atoms with Gasteiger partial charge in [0.05, 0.1) is 0 Å². The van der Waals surface area contributed by atoms with E-state index >= 15 is 0 Å². The van der Waals surface area contributed by atoms with E-state index in [-0.39, 0.29) is 18.3 Å². The lowest BCUT2D eigenvalue weighted by molar-refractivity contribution is -0.122. The monoisotopic (exact) mass is 288 g/mol. The van der Waals surface area contributed by atoms with E-state index in [0.29, 0.717) is 5.92 Å². The maximum absolute atomic E-state index is 11.9. The molecular formula is C15H29ClN2O. The fourth-order valence-corrected chi connectivity index (χ4v) is 3.46. The summed E-state index contributed by atoms with van der Waals surface area (Å²) in [7, 11) is 0. The Bertz CT molecular complexity index is 267. The molecule has 112 valence electrons. The van der Waals surface area contributed by atoms with Gasteiger partial charge in [-0.3, -0.25) is 4.79 Å². The van der Waals surface area contributed by atoms with Crippen LogP contribution in [0.2, 0.25) is 0 Å². The summed E-state index contributed by atoms with van der Waals surface area (Å²) < 4.78 is 0. The van der Waals surface area contributed by atoms with Crippen LogP contribution in [-0.2, 0) is 4.79 Å². The third-order valence-electron chi connectivity index (χ3n) is 4.56. The molecule has 0 radical (unpaired) electrons. The topological polar surface area (TPSA) is 41.1 Å². The molecule has 0 bridgehead atoms. The molecule has 1 saturated carbocycles. The molecule has 1 amide bonds. The van der Waals surface area contributed by atoms with Gasteiger partial charge in [0.2, 0.25) is 5.91 Å². The Morgan fingerprint density at radius 3 is 2.79 bits per heavy atom. The average molecular weight is 289 g/mol. The Kier molecular flexibility index (Phi) is 7.77. The molecule has 2 fully saturated rings. The van der Waals surface area contributed by atoms with Crippen LogP contribution < -0.4 is 10.6 Å². The molecule has 4 heteroatoms. The van der Waals surface area contributed by atoms with E-state index in [9.17, 15) is 4.79 Å². The van der Waals surface area contributed by atoms with Crippen LogP contribution in [0.4, 0.5) is 0 Å². The molecule has 3 unspecified atom stereocenters. The maximum atomic E-state index is 11.9. The Balaban J connectivity index is 0.00000180. The summed E-state index contributed by atoms with van der Waals surface area (Å²) in [6.07, 6.45) is 8.34. The average Bonchev–Trinajstić information content (AvgIpc) is 2.82. The second kappa shape index (κ2) is 8.80. The first-order chi connectivity index (χ1) is 8.74. The van der Waals surface area contributed by atoms with Gasteiger partial charge in [0, 0.05) is 13.0 Å². The Hall–Kier alpha value is -0.280. The zero-order valence-corrected chi connectivity index (χ0v) is 12.9. The van der Waals surface area contributed by atoms with Crippen molar-refractivity contribution in [3.8, 4) is 0 Å². The van der Waals surface area contributed by atoms with Crippen LogP contribution in [0, 0.1) is 17.8 Å². The number of amides is 1. The molecule has 1 heterocycles. The number of rotatable bonds is 5. The fourth-order valence-electron chi connectivity index (χ4n) is 3.46. The minimum Gasteiger partial charge on any atom is -0.356 e. The van der Waals surface area contributed by atoms with Crippen LogP contribution in [0.5, 0.6) is 0 Å². The zero-order chi connectivity index (χ0) is 12.8. The molecule has 0 aromatic carbocycles. The van der Waals surface area contributed by atoms with E-state index in [0.717, 1.165) is 44.3 Å². The van der Waals surface area contributed by atoms with Crippen molar-refractivity contribution in [3.05, 3.63) is 0 Å². The number of nitrogens with one attached hydrogen (secondary N) is 2. The minimum atomic E-state index is 0. The maximum Gasteiger partial charge on any atom is 0.220 e. The summed E-state index contributed by atoms with van der Waals surface area (Å²) in [4.78, 5) is 11.9. The number of carbonyl (C=O) groups is 1. The molecule has 0 spiro atoms. The van der Waals surface area contributed by atoms with Crippen LogP contribution in [0.1, 0.15) is 51.9 Å². The highest BCUT2D eigenvalue weighted by Gasteiger charge is 2.21. The molecule has 2 rings (SSSR count). The van der Waals surface area contributed by atoms with Gasteiger partial charge in [0.1, 0.15) is 0 Å². The highest BCUT2D eigenvalue weighted by atomic mass is 35.5. The van der Waals surface area contributed by atoms with Gasteiger partial charge in [-0.2, -0.15) is 0 Å². The molecule has 1 aliphatic heterocycles. The van der Waals surface area contributed by atoms with Gasteiger partial charge in [0.25, 0.3) is 0 Å². The molecule has 1 aliphatic carbocycles. The Morgan fingerprint density at radius 1 is 1.26 bits per heavy atom. The normalized spacial score (nSPS) is 30.7. The summed E-state index contributed by atoms with van der Waals surface area (Å²) in [5.41, 5.74) is 0. The standard InChI is InChI=1S/C15H28N2O.ClH/c1-12-3-2-4-14(9-12)10-15(18)17-8-6-13-5-7-16-11-13;/h12-14,16H,2-11H2,1H3,(H,17,18);1H. The van der Waals surface area contributed by atoms with Crippen LogP contribution >= 0.6 is 12.4 Å². The third kappa shape index (κ3) is 6.13. The summed E-state index contributed by atoms with van der Waals surface area (Å²) in [5, 5.41) is 6.47. The minimum absolute atomic E-state index is 0. The van der Waals surface area contributed by atoms with Crippen molar-refractivity contribution in [2.24, 2.45) is 17.8 Å². The Labute approximate surface area is 123 Å². The smallest absolute Gasteiger partial charge is 0.220 e. The summed E-state index contributed by atoms with van der Waals surface area (Å²) in [6.45, 7) is 5.47. The van der Waals surface area contributed by atoms with Gasteiger partial charge < -0.3 is 10.6 Å². The molecule has 2 N–H and O–H groups in total. The number of halogens is 1. The summed E-state index contributed by atoms with van der Waals surface area (Å²) in [5.74, 6) is 2.52. The molecule has 2 aliphatic rings. The van der Waals surface area contributed by atoms with Gasteiger partial charge in [-0.05, 0) is 56.5 Å². The van der Waals surface area contributed by atoms with Crippen LogP contribution in [0.3, 0.4) is 0 Å². The van der Waals surface area contributed by atoms with Crippen molar-refractivity contribution >= 4 is 18.3 Å². The second-order valence-corrected chi connectivity index (χ2v) is 6.34. The number of carbonyl (C=O) groups excluding carboxylic acids is 1. The predicted molar refractivity (Wildman–Crippen MR) is 81.6 cm³/mol.